The van der Waals surface area contributed by atoms with E-state index in [1.807, 2.05) is 4.90 Å². The summed E-state index contributed by atoms with van der Waals surface area (Å²) in [6.45, 7) is 0.749. The Morgan fingerprint density at radius 1 is 1.10 bits per heavy atom. The lowest BCUT2D eigenvalue weighted by Gasteiger charge is -2.29. The molecular formula is C16H18N2O3. The number of aliphatic hydroxyl groups excluding tert-OH is 1. The van der Waals surface area contributed by atoms with Gasteiger partial charge in [0.05, 0.1) is 12.1 Å². The van der Waals surface area contributed by atoms with Gasteiger partial charge in [-0.25, -0.2) is 0 Å². The maximum Gasteiger partial charge on any atom is 0.254 e. The Labute approximate surface area is 122 Å². The second-order valence-electron chi connectivity index (χ2n) is 6.54. The normalized spacial score (nSPS) is 36.2. The molecule has 0 spiro atoms. The number of rotatable bonds is 2. The van der Waals surface area contributed by atoms with Crippen LogP contribution in [0.25, 0.3) is 0 Å². The van der Waals surface area contributed by atoms with Gasteiger partial charge in [-0.1, -0.05) is 0 Å². The number of nitrogens with two attached hydrogens (primary N) is 1. The molecule has 2 amide bonds. The lowest BCUT2D eigenvalue weighted by Crippen LogP contribution is -2.43. The summed E-state index contributed by atoms with van der Waals surface area (Å²) >= 11 is 0. The van der Waals surface area contributed by atoms with Gasteiger partial charge in [0.2, 0.25) is 5.91 Å². The van der Waals surface area contributed by atoms with Crippen molar-refractivity contribution in [2.45, 2.75) is 25.0 Å². The van der Waals surface area contributed by atoms with Gasteiger partial charge in [0.25, 0.3) is 5.91 Å². The zero-order valence-corrected chi connectivity index (χ0v) is 11.6. The Balaban J connectivity index is 1.59. The summed E-state index contributed by atoms with van der Waals surface area (Å²) in [4.78, 5) is 25.6. The van der Waals surface area contributed by atoms with Gasteiger partial charge in [-0.15, -0.1) is 0 Å². The minimum Gasteiger partial charge on any atom is -0.391 e. The van der Waals surface area contributed by atoms with Crippen LogP contribution in [0.4, 0.5) is 0 Å². The maximum absolute atomic E-state index is 12.7. The molecule has 5 atom stereocenters. The van der Waals surface area contributed by atoms with Crippen LogP contribution in [-0.2, 0) is 0 Å². The Kier molecular flexibility index (Phi) is 2.63. The first kappa shape index (κ1) is 12.8. The van der Waals surface area contributed by atoms with E-state index < -0.39 is 5.91 Å². The Morgan fingerprint density at radius 2 is 1.76 bits per heavy atom. The highest BCUT2D eigenvalue weighted by molar-refractivity contribution is 5.97. The molecule has 110 valence electrons. The highest BCUT2D eigenvalue weighted by atomic mass is 16.3. The first-order chi connectivity index (χ1) is 10.1. The van der Waals surface area contributed by atoms with E-state index in [2.05, 4.69) is 0 Å². The third-order valence-corrected chi connectivity index (χ3v) is 5.53. The molecule has 1 aromatic carbocycles. The number of fused-ring (bicyclic) bond motifs is 1. The lowest BCUT2D eigenvalue weighted by molar-refractivity contribution is 0.0402. The standard InChI is InChI=1S/C16H18N2O3/c17-15(20)8-1-3-9(4-2-8)16(21)18-7-11-5-10-6-12(11)13(18)14(10)19/h1-4,10-14,19H,5-7H2,(H2,17,20). The van der Waals surface area contributed by atoms with Gasteiger partial charge in [-0.05, 0) is 54.9 Å². The summed E-state index contributed by atoms with van der Waals surface area (Å²) in [5, 5.41) is 10.3. The van der Waals surface area contributed by atoms with Gasteiger partial charge >= 0.3 is 0 Å². The molecule has 1 aliphatic heterocycles. The monoisotopic (exact) mass is 286 g/mol. The van der Waals surface area contributed by atoms with E-state index in [9.17, 15) is 14.7 Å². The van der Waals surface area contributed by atoms with E-state index in [0.717, 1.165) is 19.4 Å². The smallest absolute Gasteiger partial charge is 0.254 e. The Bertz CT molecular complexity index is 610. The van der Waals surface area contributed by atoms with Crippen LogP contribution in [0.3, 0.4) is 0 Å². The molecule has 1 saturated heterocycles. The van der Waals surface area contributed by atoms with Gasteiger partial charge in [0, 0.05) is 17.7 Å². The van der Waals surface area contributed by atoms with Gasteiger partial charge in [0.1, 0.15) is 0 Å². The van der Waals surface area contributed by atoms with Gasteiger partial charge in [-0.2, -0.15) is 0 Å². The van der Waals surface area contributed by atoms with Crippen molar-refractivity contribution in [3.8, 4) is 0 Å². The van der Waals surface area contributed by atoms with Crippen LogP contribution >= 0.6 is 0 Å². The van der Waals surface area contributed by atoms with Gasteiger partial charge < -0.3 is 15.7 Å². The lowest BCUT2D eigenvalue weighted by atomic mass is 9.88. The Hall–Kier alpha value is -1.88. The molecule has 4 rings (SSSR count). The zero-order chi connectivity index (χ0) is 14.7. The molecule has 3 fully saturated rings. The van der Waals surface area contributed by atoms with Crippen molar-refractivity contribution in [3.63, 3.8) is 0 Å². The molecule has 2 saturated carbocycles. The summed E-state index contributed by atoms with van der Waals surface area (Å²) < 4.78 is 0. The molecule has 5 nitrogen and oxygen atoms in total. The fourth-order valence-electron chi connectivity index (χ4n) is 4.59. The summed E-state index contributed by atoms with van der Waals surface area (Å²) in [5.41, 5.74) is 6.16. The number of likely N-dealkylation sites (tertiary alicyclic amines) is 1. The van der Waals surface area contributed by atoms with Crippen molar-refractivity contribution >= 4 is 11.8 Å². The molecule has 3 N–H and O–H groups in total. The molecule has 0 radical (unpaired) electrons. The first-order valence-corrected chi connectivity index (χ1v) is 7.45. The van der Waals surface area contributed by atoms with Crippen LogP contribution in [-0.4, -0.2) is 40.5 Å². The molecule has 3 aliphatic rings. The maximum atomic E-state index is 12.7. The van der Waals surface area contributed by atoms with Gasteiger partial charge in [0.15, 0.2) is 0 Å². The van der Waals surface area contributed by atoms with E-state index in [4.69, 9.17) is 5.73 Å². The van der Waals surface area contributed by atoms with Crippen LogP contribution in [0.5, 0.6) is 0 Å². The number of amides is 2. The van der Waals surface area contributed by atoms with Crippen LogP contribution < -0.4 is 5.73 Å². The van der Waals surface area contributed by atoms with E-state index in [1.165, 1.54) is 0 Å². The number of aliphatic hydroxyl groups is 1. The zero-order valence-electron chi connectivity index (χ0n) is 11.6. The second kappa shape index (κ2) is 4.31. The predicted octanol–water partition coefficient (Wildman–Crippen LogP) is 0.627. The number of primary amides is 1. The van der Waals surface area contributed by atoms with Crippen molar-refractivity contribution in [1.82, 2.24) is 4.90 Å². The fraction of sp³-hybridized carbons (Fsp3) is 0.500. The summed E-state index contributed by atoms with van der Waals surface area (Å²) in [7, 11) is 0. The predicted molar refractivity (Wildman–Crippen MR) is 75.5 cm³/mol. The third kappa shape index (κ3) is 1.73. The number of hydrogen-bond acceptors (Lipinski definition) is 3. The van der Waals surface area contributed by atoms with Crippen molar-refractivity contribution in [2.75, 3.05) is 6.54 Å². The Morgan fingerprint density at radius 3 is 2.38 bits per heavy atom. The van der Waals surface area contributed by atoms with Crippen molar-refractivity contribution in [3.05, 3.63) is 35.4 Å². The number of carbonyl (C=O) groups is 2. The van der Waals surface area contributed by atoms with Crippen molar-refractivity contribution < 1.29 is 14.7 Å². The van der Waals surface area contributed by atoms with E-state index in [-0.39, 0.29) is 18.1 Å². The minimum absolute atomic E-state index is 0.0166. The average molecular weight is 286 g/mol. The molecule has 2 bridgehead atoms. The SMILES string of the molecule is NC(=O)c1ccc(C(=O)N2CC3CC4CC3C2C4O)cc1. The highest BCUT2D eigenvalue weighted by Crippen LogP contribution is 2.55. The highest BCUT2D eigenvalue weighted by Gasteiger charge is 2.59. The molecule has 21 heavy (non-hydrogen) atoms. The van der Waals surface area contributed by atoms with E-state index >= 15 is 0 Å². The van der Waals surface area contributed by atoms with Crippen molar-refractivity contribution in [2.24, 2.45) is 23.5 Å². The number of carbonyl (C=O) groups excluding carboxylic acids is 2. The topological polar surface area (TPSA) is 83.6 Å². The molecule has 5 heteroatoms. The molecule has 2 aliphatic carbocycles. The largest absolute Gasteiger partial charge is 0.391 e. The van der Waals surface area contributed by atoms with Gasteiger partial charge in [-0.3, -0.25) is 9.59 Å². The molecule has 0 aromatic heterocycles. The third-order valence-electron chi connectivity index (χ3n) is 5.53. The average Bonchev–Trinajstić information content (AvgIpc) is 3.08. The summed E-state index contributed by atoms with van der Waals surface area (Å²) in [5.74, 6) is 0.850. The first-order valence-electron chi connectivity index (χ1n) is 7.45. The molecule has 1 aromatic rings. The van der Waals surface area contributed by atoms with Crippen molar-refractivity contribution in [1.29, 1.82) is 0 Å². The van der Waals surface area contributed by atoms with Crippen LogP contribution in [0.1, 0.15) is 33.6 Å². The molecular weight excluding hydrogens is 268 g/mol. The quantitative estimate of drug-likeness (QED) is 0.836. The number of benzene rings is 1. The fourth-order valence-corrected chi connectivity index (χ4v) is 4.59. The molecule has 1 heterocycles. The summed E-state index contributed by atoms with van der Waals surface area (Å²) in [6.07, 6.45) is 1.73. The van der Waals surface area contributed by atoms with Crippen LogP contribution in [0.15, 0.2) is 24.3 Å². The summed E-state index contributed by atoms with van der Waals surface area (Å²) in [6, 6.07) is 6.42. The minimum atomic E-state index is -0.498. The van der Waals surface area contributed by atoms with Crippen LogP contribution in [0, 0.1) is 17.8 Å². The van der Waals surface area contributed by atoms with E-state index in [1.54, 1.807) is 24.3 Å². The van der Waals surface area contributed by atoms with Crippen LogP contribution in [0.2, 0.25) is 0 Å². The second-order valence-corrected chi connectivity index (χ2v) is 6.54. The number of hydrogen-bond donors (Lipinski definition) is 2. The molecule has 5 unspecified atom stereocenters. The van der Waals surface area contributed by atoms with E-state index in [0.29, 0.717) is 28.9 Å². The number of nitrogens with zero attached hydrogens (tertiary/aromatic N) is 1.